The van der Waals surface area contributed by atoms with E-state index in [4.69, 9.17) is 4.74 Å². The molecule has 21 heavy (non-hydrogen) atoms. The summed E-state index contributed by atoms with van der Waals surface area (Å²) in [6, 6.07) is 9.49. The van der Waals surface area contributed by atoms with E-state index in [1.807, 2.05) is 35.2 Å². The SMILES string of the molecule is O=C(C1CCCC1)N1CCC(O)(COc2ccccc2)C1. The fourth-order valence-electron chi connectivity index (χ4n) is 3.33. The number of hydrogen-bond donors (Lipinski definition) is 1. The van der Waals surface area contributed by atoms with Gasteiger partial charge in [-0.1, -0.05) is 31.0 Å². The normalized spacial score (nSPS) is 26.2. The second kappa shape index (κ2) is 6.06. The number of rotatable bonds is 4. The minimum Gasteiger partial charge on any atom is -0.491 e. The Morgan fingerprint density at radius 1 is 1.29 bits per heavy atom. The molecule has 0 bridgehead atoms. The van der Waals surface area contributed by atoms with Gasteiger partial charge in [0.1, 0.15) is 18.0 Å². The predicted octanol–water partition coefficient (Wildman–Crippen LogP) is 2.22. The Bertz CT molecular complexity index is 484. The largest absolute Gasteiger partial charge is 0.491 e. The van der Waals surface area contributed by atoms with Gasteiger partial charge in [0, 0.05) is 12.5 Å². The van der Waals surface area contributed by atoms with Crippen LogP contribution in [0, 0.1) is 5.92 Å². The summed E-state index contributed by atoms with van der Waals surface area (Å²) < 4.78 is 5.66. The average Bonchev–Trinajstić information content (AvgIpc) is 3.16. The fraction of sp³-hybridized carbons (Fsp3) is 0.588. The van der Waals surface area contributed by atoms with Gasteiger partial charge in [-0.2, -0.15) is 0 Å². The van der Waals surface area contributed by atoms with Crippen molar-refractivity contribution in [3.8, 4) is 5.75 Å². The molecule has 1 heterocycles. The quantitative estimate of drug-likeness (QED) is 0.924. The third kappa shape index (κ3) is 3.38. The summed E-state index contributed by atoms with van der Waals surface area (Å²) in [5.41, 5.74) is -0.913. The van der Waals surface area contributed by atoms with Crippen LogP contribution in [0.15, 0.2) is 30.3 Å². The number of benzene rings is 1. The highest BCUT2D eigenvalue weighted by Crippen LogP contribution is 2.30. The summed E-state index contributed by atoms with van der Waals surface area (Å²) >= 11 is 0. The number of aliphatic hydroxyl groups is 1. The minimum absolute atomic E-state index is 0.183. The van der Waals surface area contributed by atoms with E-state index in [9.17, 15) is 9.90 Å². The average molecular weight is 289 g/mol. The molecule has 1 aliphatic carbocycles. The molecule has 1 saturated heterocycles. The number of carbonyl (C=O) groups is 1. The van der Waals surface area contributed by atoms with E-state index >= 15 is 0 Å². The number of carbonyl (C=O) groups excluding carboxylic acids is 1. The molecule has 1 unspecified atom stereocenters. The molecule has 0 radical (unpaired) electrons. The highest BCUT2D eigenvalue weighted by Gasteiger charge is 2.40. The maximum Gasteiger partial charge on any atom is 0.225 e. The molecule has 1 N–H and O–H groups in total. The van der Waals surface area contributed by atoms with Gasteiger partial charge in [0.2, 0.25) is 5.91 Å². The highest BCUT2D eigenvalue weighted by atomic mass is 16.5. The molecule has 2 fully saturated rings. The number of hydrogen-bond acceptors (Lipinski definition) is 3. The van der Waals surface area contributed by atoms with Crippen LogP contribution in [0.25, 0.3) is 0 Å². The van der Waals surface area contributed by atoms with E-state index in [0.717, 1.165) is 31.4 Å². The second-order valence-electron chi connectivity index (χ2n) is 6.32. The van der Waals surface area contributed by atoms with Crippen LogP contribution in [0.2, 0.25) is 0 Å². The molecule has 0 spiro atoms. The van der Waals surface area contributed by atoms with Gasteiger partial charge in [0.15, 0.2) is 0 Å². The first-order chi connectivity index (χ1) is 10.2. The van der Waals surface area contributed by atoms with Crippen molar-refractivity contribution in [1.29, 1.82) is 0 Å². The Morgan fingerprint density at radius 2 is 2.00 bits per heavy atom. The van der Waals surface area contributed by atoms with Crippen molar-refractivity contribution >= 4 is 5.91 Å². The molecule has 4 nitrogen and oxygen atoms in total. The standard InChI is InChI=1S/C17H23NO3/c19-16(14-6-4-5-7-14)18-11-10-17(20,12-18)13-21-15-8-2-1-3-9-15/h1-3,8-9,14,20H,4-7,10-13H2. The first-order valence-electron chi connectivity index (χ1n) is 7.85. The molecule has 1 aliphatic heterocycles. The molecule has 1 aromatic carbocycles. The molecule has 0 aromatic heterocycles. The summed E-state index contributed by atoms with van der Waals surface area (Å²) in [6.07, 6.45) is 4.93. The van der Waals surface area contributed by atoms with Crippen LogP contribution in [0.1, 0.15) is 32.1 Å². The van der Waals surface area contributed by atoms with Crippen molar-refractivity contribution in [1.82, 2.24) is 4.90 Å². The van der Waals surface area contributed by atoms with Crippen molar-refractivity contribution in [2.24, 2.45) is 5.92 Å². The maximum atomic E-state index is 12.4. The van der Waals surface area contributed by atoms with Gasteiger partial charge in [-0.3, -0.25) is 4.79 Å². The molecule has 114 valence electrons. The second-order valence-corrected chi connectivity index (χ2v) is 6.32. The molecule has 1 aromatic rings. The molecular formula is C17H23NO3. The lowest BCUT2D eigenvalue weighted by molar-refractivity contribution is -0.135. The van der Waals surface area contributed by atoms with Gasteiger partial charge in [-0.15, -0.1) is 0 Å². The van der Waals surface area contributed by atoms with E-state index in [-0.39, 0.29) is 18.4 Å². The van der Waals surface area contributed by atoms with Crippen molar-refractivity contribution in [2.45, 2.75) is 37.7 Å². The molecule has 1 amide bonds. The van der Waals surface area contributed by atoms with Gasteiger partial charge in [-0.05, 0) is 31.4 Å². The topological polar surface area (TPSA) is 49.8 Å². The summed E-state index contributed by atoms with van der Waals surface area (Å²) in [7, 11) is 0. The Balaban J connectivity index is 1.53. The van der Waals surface area contributed by atoms with Crippen LogP contribution >= 0.6 is 0 Å². The van der Waals surface area contributed by atoms with Gasteiger partial charge in [0.05, 0.1) is 6.54 Å². The summed E-state index contributed by atoms with van der Waals surface area (Å²) in [5.74, 6) is 1.16. The van der Waals surface area contributed by atoms with E-state index in [1.54, 1.807) is 0 Å². The third-order valence-electron chi connectivity index (χ3n) is 4.60. The van der Waals surface area contributed by atoms with Crippen LogP contribution in [-0.4, -0.2) is 41.2 Å². The van der Waals surface area contributed by atoms with Gasteiger partial charge in [0.25, 0.3) is 0 Å². The molecule has 1 atom stereocenters. The monoisotopic (exact) mass is 289 g/mol. The number of amides is 1. The third-order valence-corrected chi connectivity index (χ3v) is 4.60. The Morgan fingerprint density at radius 3 is 2.71 bits per heavy atom. The summed E-state index contributed by atoms with van der Waals surface area (Å²) in [5, 5.41) is 10.6. The van der Waals surface area contributed by atoms with Gasteiger partial charge in [-0.25, -0.2) is 0 Å². The van der Waals surface area contributed by atoms with E-state index in [1.165, 1.54) is 0 Å². The van der Waals surface area contributed by atoms with Gasteiger partial charge < -0.3 is 14.7 Å². The number of ether oxygens (including phenoxy) is 1. The summed E-state index contributed by atoms with van der Waals surface area (Å²) in [6.45, 7) is 1.28. The molecule has 2 aliphatic rings. The van der Waals surface area contributed by atoms with Crippen LogP contribution in [-0.2, 0) is 4.79 Å². The molecular weight excluding hydrogens is 266 g/mol. The summed E-state index contributed by atoms with van der Waals surface area (Å²) in [4.78, 5) is 14.2. The van der Waals surface area contributed by atoms with Crippen LogP contribution in [0.3, 0.4) is 0 Å². The zero-order valence-corrected chi connectivity index (χ0v) is 12.3. The minimum atomic E-state index is -0.913. The van der Waals surface area contributed by atoms with Crippen molar-refractivity contribution in [2.75, 3.05) is 19.7 Å². The van der Waals surface area contributed by atoms with Crippen LogP contribution < -0.4 is 4.74 Å². The number of para-hydroxylation sites is 1. The van der Waals surface area contributed by atoms with Crippen molar-refractivity contribution < 1.29 is 14.6 Å². The van der Waals surface area contributed by atoms with Crippen molar-refractivity contribution in [3.05, 3.63) is 30.3 Å². The smallest absolute Gasteiger partial charge is 0.225 e. The Kier molecular flexibility index (Phi) is 4.15. The lowest BCUT2D eigenvalue weighted by Crippen LogP contribution is -2.42. The highest BCUT2D eigenvalue weighted by molar-refractivity contribution is 5.79. The first-order valence-corrected chi connectivity index (χ1v) is 7.85. The van der Waals surface area contributed by atoms with E-state index in [0.29, 0.717) is 19.5 Å². The molecule has 1 saturated carbocycles. The van der Waals surface area contributed by atoms with E-state index in [2.05, 4.69) is 0 Å². The Hall–Kier alpha value is -1.55. The molecule has 3 rings (SSSR count). The number of nitrogens with zero attached hydrogens (tertiary/aromatic N) is 1. The van der Waals surface area contributed by atoms with Crippen molar-refractivity contribution in [3.63, 3.8) is 0 Å². The lowest BCUT2D eigenvalue weighted by atomic mass is 10.0. The molecule has 4 heteroatoms. The van der Waals surface area contributed by atoms with Crippen LogP contribution in [0.4, 0.5) is 0 Å². The first kappa shape index (κ1) is 14.4. The number of β-amino-alcohol motifs (C(OH)–C–C–N with tert-alkyl or cyclic N) is 1. The van der Waals surface area contributed by atoms with Gasteiger partial charge >= 0.3 is 0 Å². The predicted molar refractivity (Wildman–Crippen MR) is 80.0 cm³/mol. The van der Waals surface area contributed by atoms with E-state index < -0.39 is 5.60 Å². The fourth-order valence-corrected chi connectivity index (χ4v) is 3.33. The zero-order valence-electron chi connectivity index (χ0n) is 12.3. The lowest BCUT2D eigenvalue weighted by Gasteiger charge is -2.25. The zero-order chi connectivity index (χ0) is 14.7. The Labute approximate surface area is 125 Å². The van der Waals surface area contributed by atoms with Crippen LogP contribution in [0.5, 0.6) is 5.75 Å². The maximum absolute atomic E-state index is 12.4. The number of likely N-dealkylation sites (tertiary alicyclic amines) is 1.